The minimum Gasteiger partial charge on any atom is -0.336 e. The molecule has 2 heteroatoms. The van der Waals surface area contributed by atoms with Crippen LogP contribution in [0.5, 0.6) is 0 Å². The number of amides is 1. The van der Waals surface area contributed by atoms with Gasteiger partial charge in [0.05, 0.1) is 0 Å². The molecule has 1 aliphatic rings. The molecule has 0 N–H and O–H groups in total. The van der Waals surface area contributed by atoms with Gasteiger partial charge in [-0.3, -0.25) is 4.79 Å². The van der Waals surface area contributed by atoms with Crippen LogP contribution in [0.15, 0.2) is 12.2 Å². The molecule has 0 aromatic rings. The molecule has 0 aromatic heterocycles. The zero-order chi connectivity index (χ0) is 9.84. The molecule has 1 aliphatic heterocycles. The van der Waals surface area contributed by atoms with Gasteiger partial charge in [0.25, 0.3) is 0 Å². The van der Waals surface area contributed by atoms with Crippen LogP contribution in [0, 0.1) is 5.92 Å². The lowest BCUT2D eigenvalue weighted by atomic mass is 9.97. The Labute approximate surface area is 80.6 Å². The lowest BCUT2D eigenvalue weighted by Crippen LogP contribution is -2.42. The van der Waals surface area contributed by atoms with Gasteiger partial charge in [-0.2, -0.15) is 0 Å². The Morgan fingerprint density at radius 3 is 2.54 bits per heavy atom. The summed E-state index contributed by atoms with van der Waals surface area (Å²) in [7, 11) is 0. The van der Waals surface area contributed by atoms with E-state index >= 15 is 0 Å². The molecule has 0 spiro atoms. The molecule has 74 valence electrons. The summed E-state index contributed by atoms with van der Waals surface area (Å²) in [6.45, 7) is 6.85. The van der Waals surface area contributed by atoms with Crippen LogP contribution in [0.2, 0.25) is 0 Å². The monoisotopic (exact) mass is 181 g/mol. The van der Waals surface area contributed by atoms with Gasteiger partial charge in [-0.25, -0.2) is 0 Å². The molecular formula is C11H19NO. The summed E-state index contributed by atoms with van der Waals surface area (Å²) in [5.41, 5.74) is 0. The average Bonchev–Trinajstić information content (AvgIpc) is 2.16. The van der Waals surface area contributed by atoms with Gasteiger partial charge in [0, 0.05) is 19.5 Å². The highest BCUT2D eigenvalue weighted by molar-refractivity contribution is 5.74. The molecule has 0 aliphatic carbocycles. The number of carbonyl (C=O) groups excluding carboxylic acids is 1. The normalized spacial score (nSPS) is 27.8. The summed E-state index contributed by atoms with van der Waals surface area (Å²) in [5, 5.41) is 0. The van der Waals surface area contributed by atoms with Crippen LogP contribution in [0.4, 0.5) is 0 Å². The van der Waals surface area contributed by atoms with Gasteiger partial charge in [0.1, 0.15) is 0 Å². The molecule has 0 radical (unpaired) electrons. The maximum atomic E-state index is 11.3. The lowest BCUT2D eigenvalue weighted by molar-refractivity contribution is -0.131. The molecule has 0 saturated carbocycles. The summed E-state index contributed by atoms with van der Waals surface area (Å²) in [4.78, 5) is 13.3. The maximum Gasteiger partial charge on any atom is 0.219 e. The SMILES string of the molecule is CC[C@@H]1C=C[C@H](CC)N(C(C)=O)C1. The Hall–Kier alpha value is -0.790. The number of hydrogen-bond donors (Lipinski definition) is 0. The van der Waals surface area contributed by atoms with Gasteiger partial charge in [-0.1, -0.05) is 26.0 Å². The summed E-state index contributed by atoms with van der Waals surface area (Å²) in [5.74, 6) is 0.765. The number of nitrogens with zero attached hydrogens (tertiary/aromatic N) is 1. The molecule has 0 unspecified atom stereocenters. The lowest BCUT2D eigenvalue weighted by Gasteiger charge is -2.34. The largest absolute Gasteiger partial charge is 0.336 e. The van der Waals surface area contributed by atoms with Crippen LogP contribution in [0.25, 0.3) is 0 Å². The van der Waals surface area contributed by atoms with Gasteiger partial charge < -0.3 is 4.90 Å². The van der Waals surface area contributed by atoms with Gasteiger partial charge in [-0.05, 0) is 18.8 Å². The zero-order valence-electron chi connectivity index (χ0n) is 8.79. The van der Waals surface area contributed by atoms with Crippen molar-refractivity contribution in [1.82, 2.24) is 4.90 Å². The molecule has 0 fully saturated rings. The van der Waals surface area contributed by atoms with Crippen molar-refractivity contribution < 1.29 is 4.79 Å². The molecule has 13 heavy (non-hydrogen) atoms. The summed E-state index contributed by atoms with van der Waals surface area (Å²) in [6, 6.07) is 0.334. The van der Waals surface area contributed by atoms with Crippen LogP contribution in [0.1, 0.15) is 33.6 Å². The minimum atomic E-state index is 0.203. The molecule has 1 amide bonds. The van der Waals surface area contributed by atoms with Gasteiger partial charge >= 0.3 is 0 Å². The van der Waals surface area contributed by atoms with Crippen LogP contribution in [-0.4, -0.2) is 23.4 Å². The summed E-state index contributed by atoms with van der Waals surface area (Å²) in [6.07, 6.45) is 6.58. The first kappa shape index (κ1) is 10.3. The smallest absolute Gasteiger partial charge is 0.219 e. The maximum absolute atomic E-state index is 11.3. The zero-order valence-corrected chi connectivity index (χ0v) is 8.79. The minimum absolute atomic E-state index is 0.203. The third-order valence-corrected chi connectivity index (χ3v) is 2.78. The van der Waals surface area contributed by atoms with Crippen molar-refractivity contribution in [3.05, 3.63) is 12.2 Å². The van der Waals surface area contributed by atoms with Gasteiger partial charge in [0.2, 0.25) is 5.91 Å². The first-order valence-electron chi connectivity index (χ1n) is 5.14. The van der Waals surface area contributed by atoms with E-state index in [1.54, 1.807) is 6.92 Å². The van der Waals surface area contributed by atoms with E-state index in [-0.39, 0.29) is 5.91 Å². The molecular weight excluding hydrogens is 162 g/mol. The van der Waals surface area contributed by atoms with E-state index in [1.165, 1.54) is 0 Å². The molecule has 1 rings (SSSR count). The topological polar surface area (TPSA) is 20.3 Å². The standard InChI is InChI=1S/C11H19NO/c1-4-10-6-7-11(5-2)12(8-10)9(3)13/h6-7,10-11H,4-5,8H2,1-3H3/t10-,11+/m1/s1. The molecule has 0 bridgehead atoms. The van der Waals surface area contributed by atoms with E-state index in [1.807, 2.05) is 4.90 Å². The molecule has 0 saturated heterocycles. The van der Waals surface area contributed by atoms with E-state index in [0.717, 1.165) is 19.4 Å². The van der Waals surface area contributed by atoms with Crippen LogP contribution in [0.3, 0.4) is 0 Å². The Kier molecular flexibility index (Phi) is 3.52. The van der Waals surface area contributed by atoms with Crippen molar-refractivity contribution in [3.8, 4) is 0 Å². The van der Waals surface area contributed by atoms with Crippen molar-refractivity contribution in [1.29, 1.82) is 0 Å². The Morgan fingerprint density at radius 1 is 1.38 bits per heavy atom. The highest BCUT2D eigenvalue weighted by Gasteiger charge is 2.23. The third kappa shape index (κ3) is 2.33. The summed E-state index contributed by atoms with van der Waals surface area (Å²) < 4.78 is 0. The first-order chi connectivity index (χ1) is 6.19. The van der Waals surface area contributed by atoms with E-state index in [4.69, 9.17) is 0 Å². The van der Waals surface area contributed by atoms with E-state index in [2.05, 4.69) is 26.0 Å². The predicted octanol–water partition coefficient (Wildman–Crippen LogP) is 2.21. The fraction of sp³-hybridized carbons (Fsp3) is 0.727. The second-order valence-corrected chi connectivity index (χ2v) is 3.70. The second-order valence-electron chi connectivity index (χ2n) is 3.70. The van der Waals surface area contributed by atoms with E-state index < -0.39 is 0 Å². The summed E-state index contributed by atoms with van der Waals surface area (Å²) >= 11 is 0. The fourth-order valence-electron chi connectivity index (χ4n) is 1.82. The highest BCUT2D eigenvalue weighted by Crippen LogP contribution is 2.19. The number of rotatable bonds is 2. The van der Waals surface area contributed by atoms with Gasteiger partial charge in [-0.15, -0.1) is 0 Å². The number of hydrogen-bond acceptors (Lipinski definition) is 1. The Bertz CT molecular complexity index is 210. The fourth-order valence-corrected chi connectivity index (χ4v) is 1.82. The van der Waals surface area contributed by atoms with E-state index in [0.29, 0.717) is 12.0 Å². The highest BCUT2D eigenvalue weighted by atomic mass is 16.2. The molecule has 2 nitrogen and oxygen atoms in total. The van der Waals surface area contributed by atoms with Crippen molar-refractivity contribution >= 4 is 5.91 Å². The van der Waals surface area contributed by atoms with Crippen LogP contribution < -0.4 is 0 Å². The van der Waals surface area contributed by atoms with Crippen LogP contribution in [-0.2, 0) is 4.79 Å². The molecule has 2 atom stereocenters. The Balaban J connectivity index is 2.70. The third-order valence-electron chi connectivity index (χ3n) is 2.78. The predicted molar refractivity (Wildman–Crippen MR) is 54.4 cm³/mol. The second kappa shape index (κ2) is 4.45. The molecule has 1 heterocycles. The number of carbonyl (C=O) groups is 1. The first-order valence-corrected chi connectivity index (χ1v) is 5.14. The van der Waals surface area contributed by atoms with Crippen molar-refractivity contribution in [2.45, 2.75) is 39.7 Å². The quantitative estimate of drug-likeness (QED) is 0.598. The average molecular weight is 181 g/mol. The van der Waals surface area contributed by atoms with E-state index in [9.17, 15) is 4.79 Å². The Morgan fingerprint density at radius 2 is 2.08 bits per heavy atom. The molecule has 0 aromatic carbocycles. The van der Waals surface area contributed by atoms with Crippen LogP contribution >= 0.6 is 0 Å². The van der Waals surface area contributed by atoms with Gasteiger partial charge in [0.15, 0.2) is 0 Å². The van der Waals surface area contributed by atoms with Crippen molar-refractivity contribution in [2.75, 3.05) is 6.54 Å². The van der Waals surface area contributed by atoms with Crippen molar-refractivity contribution in [2.24, 2.45) is 5.92 Å². The van der Waals surface area contributed by atoms with Crippen molar-refractivity contribution in [3.63, 3.8) is 0 Å².